The van der Waals surface area contributed by atoms with Crippen LogP contribution in [-0.2, 0) is 16.6 Å². The molecule has 10 heteroatoms. The van der Waals surface area contributed by atoms with Gasteiger partial charge in [0.05, 0.1) is 18.4 Å². The maximum absolute atomic E-state index is 11.8. The lowest BCUT2D eigenvalue weighted by Crippen LogP contribution is -2.49. The zero-order valence-electron chi connectivity index (χ0n) is 17.9. The normalized spacial score (nSPS) is 21.1. The van der Waals surface area contributed by atoms with Crippen molar-refractivity contribution in [2.45, 2.75) is 38.0 Å². The number of aliphatic hydroxyl groups is 1. The maximum atomic E-state index is 11.8. The van der Waals surface area contributed by atoms with Crippen LogP contribution in [0.4, 0.5) is 5.69 Å². The molecule has 2 aliphatic rings. The van der Waals surface area contributed by atoms with E-state index < -0.39 is 16.4 Å². The van der Waals surface area contributed by atoms with Gasteiger partial charge in [0, 0.05) is 19.0 Å². The zero-order valence-corrected chi connectivity index (χ0v) is 18.7. The van der Waals surface area contributed by atoms with Crippen LogP contribution in [0.15, 0.2) is 46.9 Å². The van der Waals surface area contributed by atoms with E-state index in [1.807, 2.05) is 24.3 Å². The number of nitrogens with zero attached hydrogens (tertiary/aromatic N) is 2. The summed E-state index contributed by atoms with van der Waals surface area (Å²) in [6, 6.07) is 12.8. The number of likely N-dealkylation sites (tertiary alicyclic amines) is 1. The molecule has 0 radical (unpaired) electrons. The summed E-state index contributed by atoms with van der Waals surface area (Å²) in [6.07, 6.45) is 2.82. The number of benzene rings is 2. The second kappa shape index (κ2) is 9.35. The standard InChI is InChI=1S/C22H28N4O5S/c1-30-17-10-8-15(9-11-17)13-20(27)26-12-3-2-5-16(26)14-31-19-7-4-6-18-21(19)22(23)25-32(28,29)24-18/h4,6-11,16,20,24,27H,2-3,5,12-14H2,1H3,(H2,23,25)/t16-,20?/m1/s1. The second-order valence-corrected chi connectivity index (χ2v) is 9.30. The number of hydrogen-bond acceptors (Lipinski definition) is 7. The molecule has 0 spiro atoms. The summed E-state index contributed by atoms with van der Waals surface area (Å²) in [5.74, 6) is 1.14. The number of ether oxygens (including phenoxy) is 2. The van der Waals surface area contributed by atoms with E-state index >= 15 is 0 Å². The number of fused-ring (bicyclic) bond motifs is 1. The molecule has 1 fully saturated rings. The van der Waals surface area contributed by atoms with Crippen LogP contribution in [-0.4, -0.2) is 56.8 Å². The average molecular weight is 461 g/mol. The molecule has 32 heavy (non-hydrogen) atoms. The van der Waals surface area contributed by atoms with E-state index in [1.54, 1.807) is 25.3 Å². The van der Waals surface area contributed by atoms with Crippen molar-refractivity contribution in [3.05, 3.63) is 53.6 Å². The van der Waals surface area contributed by atoms with Crippen molar-refractivity contribution in [2.75, 3.05) is 25.0 Å². The highest BCUT2D eigenvalue weighted by atomic mass is 32.2. The summed E-state index contributed by atoms with van der Waals surface area (Å²) in [7, 11) is -2.22. The summed E-state index contributed by atoms with van der Waals surface area (Å²) >= 11 is 0. The fourth-order valence-corrected chi connectivity index (χ4v) is 5.05. The van der Waals surface area contributed by atoms with Gasteiger partial charge in [-0.3, -0.25) is 9.62 Å². The zero-order chi connectivity index (χ0) is 22.7. The number of rotatable bonds is 7. The highest BCUT2D eigenvalue weighted by Gasteiger charge is 2.30. The lowest BCUT2D eigenvalue weighted by Gasteiger charge is -2.39. The number of amidine groups is 1. The van der Waals surface area contributed by atoms with Gasteiger partial charge in [0.2, 0.25) is 0 Å². The Kier molecular flexibility index (Phi) is 6.54. The first-order valence-electron chi connectivity index (χ1n) is 10.6. The molecule has 0 aliphatic carbocycles. The van der Waals surface area contributed by atoms with Gasteiger partial charge in [-0.05, 0) is 42.7 Å². The van der Waals surface area contributed by atoms with Crippen LogP contribution in [0.3, 0.4) is 0 Å². The minimum atomic E-state index is -3.84. The fraction of sp³-hybridized carbons (Fsp3) is 0.409. The molecule has 2 heterocycles. The Morgan fingerprint density at radius 3 is 2.78 bits per heavy atom. The number of methoxy groups -OCH3 is 1. The lowest BCUT2D eigenvalue weighted by atomic mass is 10.0. The van der Waals surface area contributed by atoms with Crippen LogP contribution in [0.25, 0.3) is 0 Å². The molecule has 172 valence electrons. The maximum Gasteiger partial charge on any atom is 0.344 e. The molecule has 0 amide bonds. The van der Waals surface area contributed by atoms with Gasteiger partial charge in [-0.25, -0.2) is 0 Å². The average Bonchev–Trinajstić information content (AvgIpc) is 2.77. The van der Waals surface area contributed by atoms with E-state index in [0.717, 1.165) is 37.1 Å². The van der Waals surface area contributed by atoms with Gasteiger partial charge in [-0.15, -0.1) is 4.40 Å². The van der Waals surface area contributed by atoms with Gasteiger partial charge in [0.25, 0.3) is 0 Å². The SMILES string of the molecule is COc1ccc(CC(O)N2CCCC[C@@H]2COc2cccc3c2C(N)=NS(=O)(=O)N3)cc1. The third-order valence-corrected chi connectivity index (χ3v) is 6.72. The number of piperidine rings is 1. The second-order valence-electron chi connectivity index (χ2n) is 7.96. The largest absolute Gasteiger partial charge is 0.497 e. The number of nitrogens with one attached hydrogen (secondary N) is 1. The highest BCUT2D eigenvalue weighted by Crippen LogP contribution is 2.31. The Morgan fingerprint density at radius 1 is 1.25 bits per heavy atom. The monoisotopic (exact) mass is 460 g/mol. The lowest BCUT2D eigenvalue weighted by molar-refractivity contribution is -0.0508. The predicted octanol–water partition coefficient (Wildman–Crippen LogP) is 1.87. The van der Waals surface area contributed by atoms with E-state index in [4.69, 9.17) is 15.2 Å². The van der Waals surface area contributed by atoms with Gasteiger partial charge < -0.3 is 20.3 Å². The Morgan fingerprint density at radius 2 is 2.03 bits per heavy atom. The first-order chi connectivity index (χ1) is 15.4. The van der Waals surface area contributed by atoms with Crippen LogP contribution in [0.2, 0.25) is 0 Å². The first kappa shape index (κ1) is 22.4. The molecule has 9 nitrogen and oxygen atoms in total. The van der Waals surface area contributed by atoms with Crippen LogP contribution in [0.1, 0.15) is 30.4 Å². The molecule has 4 rings (SSSR count). The molecular weight excluding hydrogens is 432 g/mol. The van der Waals surface area contributed by atoms with Gasteiger partial charge in [0.15, 0.2) is 5.84 Å². The quantitative estimate of drug-likeness (QED) is 0.576. The van der Waals surface area contributed by atoms with Gasteiger partial charge in [-0.1, -0.05) is 24.6 Å². The van der Waals surface area contributed by atoms with Gasteiger partial charge in [0.1, 0.15) is 24.3 Å². The predicted molar refractivity (Wildman–Crippen MR) is 122 cm³/mol. The van der Waals surface area contributed by atoms with Crippen molar-refractivity contribution in [3.8, 4) is 11.5 Å². The van der Waals surface area contributed by atoms with Crippen molar-refractivity contribution in [3.63, 3.8) is 0 Å². The molecule has 0 saturated carbocycles. The Balaban J connectivity index is 1.45. The minimum absolute atomic E-state index is 0.0197. The topological polar surface area (TPSA) is 126 Å². The van der Waals surface area contributed by atoms with Gasteiger partial charge >= 0.3 is 10.2 Å². The van der Waals surface area contributed by atoms with Crippen LogP contribution < -0.4 is 19.9 Å². The highest BCUT2D eigenvalue weighted by molar-refractivity contribution is 7.91. The molecule has 4 N–H and O–H groups in total. The molecule has 2 aromatic rings. The molecule has 2 atom stereocenters. The van der Waals surface area contributed by atoms with Gasteiger partial charge in [-0.2, -0.15) is 8.42 Å². The van der Waals surface area contributed by atoms with E-state index in [1.165, 1.54) is 0 Å². The molecule has 0 aromatic heterocycles. The summed E-state index contributed by atoms with van der Waals surface area (Å²) < 4.78 is 40.7. The number of aliphatic hydroxyl groups excluding tert-OH is 1. The van der Waals surface area contributed by atoms with E-state index in [2.05, 4.69) is 14.0 Å². The van der Waals surface area contributed by atoms with Crippen molar-refractivity contribution in [1.29, 1.82) is 0 Å². The molecule has 1 unspecified atom stereocenters. The Bertz CT molecular complexity index is 1090. The van der Waals surface area contributed by atoms with Crippen LogP contribution in [0.5, 0.6) is 11.5 Å². The molecule has 1 saturated heterocycles. The van der Waals surface area contributed by atoms with Crippen molar-refractivity contribution < 1.29 is 23.0 Å². The smallest absolute Gasteiger partial charge is 0.344 e. The molecule has 2 aliphatic heterocycles. The number of nitrogens with two attached hydrogens (primary N) is 1. The Labute approximate surface area is 188 Å². The summed E-state index contributed by atoms with van der Waals surface area (Å²) in [5.41, 5.74) is 7.71. The van der Waals surface area contributed by atoms with E-state index in [-0.39, 0.29) is 11.9 Å². The third kappa shape index (κ3) is 4.98. The molecule has 0 bridgehead atoms. The minimum Gasteiger partial charge on any atom is -0.497 e. The van der Waals surface area contributed by atoms with Crippen LogP contribution in [0, 0.1) is 0 Å². The summed E-state index contributed by atoms with van der Waals surface area (Å²) in [6.45, 7) is 1.12. The summed E-state index contributed by atoms with van der Waals surface area (Å²) in [4.78, 5) is 2.07. The van der Waals surface area contributed by atoms with E-state index in [0.29, 0.717) is 30.0 Å². The molecule has 2 aromatic carbocycles. The third-order valence-electron chi connectivity index (χ3n) is 5.80. The number of hydrogen-bond donors (Lipinski definition) is 3. The number of anilines is 1. The Hall–Kier alpha value is -2.82. The van der Waals surface area contributed by atoms with Crippen molar-refractivity contribution in [2.24, 2.45) is 10.1 Å². The van der Waals surface area contributed by atoms with Crippen LogP contribution >= 0.6 is 0 Å². The van der Waals surface area contributed by atoms with E-state index in [9.17, 15) is 13.5 Å². The fourth-order valence-electron chi connectivity index (χ4n) is 4.21. The van der Waals surface area contributed by atoms with Crippen molar-refractivity contribution in [1.82, 2.24) is 4.90 Å². The summed E-state index contributed by atoms with van der Waals surface area (Å²) in [5, 5.41) is 10.9. The van der Waals surface area contributed by atoms with Crippen molar-refractivity contribution >= 4 is 21.7 Å². The first-order valence-corrected chi connectivity index (χ1v) is 12.0. The molecular formula is C22H28N4O5S.